The van der Waals surface area contributed by atoms with Gasteiger partial charge in [0.15, 0.2) is 11.5 Å². The highest BCUT2D eigenvalue weighted by atomic mass is 19.1. The first kappa shape index (κ1) is 39.7. The number of amides is 2. The van der Waals surface area contributed by atoms with Gasteiger partial charge in [0.25, 0.3) is 0 Å². The number of aromatic nitrogens is 3. The van der Waals surface area contributed by atoms with Crippen molar-refractivity contribution in [3.8, 4) is 11.5 Å². The van der Waals surface area contributed by atoms with E-state index >= 15 is 0 Å². The average molecular weight is 776 g/mol. The number of likely N-dealkylation sites (tertiary alicyclic amines) is 1. The number of urea groups is 1. The third kappa shape index (κ3) is 11.5. The van der Waals surface area contributed by atoms with Gasteiger partial charge in [-0.2, -0.15) is 0 Å². The van der Waals surface area contributed by atoms with Crippen LogP contribution in [-0.2, 0) is 6.54 Å². The van der Waals surface area contributed by atoms with Crippen molar-refractivity contribution in [1.82, 2.24) is 24.8 Å². The number of carbonyl (C=O) groups excluding carboxylic acids is 1. The minimum absolute atomic E-state index is 0.363. The fraction of sp³-hybridized carbons (Fsp3) is 0.409. The van der Waals surface area contributed by atoms with Crippen LogP contribution in [0, 0.1) is 11.7 Å². The van der Waals surface area contributed by atoms with E-state index in [-0.39, 0.29) is 5.82 Å². The smallest absolute Gasteiger partial charge is 0.323 e. The quantitative estimate of drug-likeness (QED) is 0.0805. The Morgan fingerprint density at radius 1 is 0.789 bits per heavy atom. The Balaban J connectivity index is 0.805. The standard InChI is InChI=1S/C44H54FN9O3/c1-56-40-29-39-38(43(49-32-48-39)47-30-34-9-8-10-37(27-34)51-44(55)50-36-14-12-35(45)13-15-36)28-41(40)57-26-7-3-2-6-19-52-20-16-33(17-21-52)31-53-22-24-54(25-23-53)42-11-4-5-18-46-42/h4-5,8-15,18,27-29,32-33H,2-3,6-7,16-17,19-26,30-31H2,1H3,(H,47,48,49)(H2,50,51,55). The van der Waals surface area contributed by atoms with Crippen LogP contribution in [0.1, 0.15) is 44.1 Å². The zero-order valence-corrected chi connectivity index (χ0v) is 32.8. The summed E-state index contributed by atoms with van der Waals surface area (Å²) in [5.74, 6) is 3.52. The van der Waals surface area contributed by atoms with Crippen LogP contribution in [0.15, 0.2) is 91.4 Å². The Labute approximate surface area is 334 Å². The molecule has 0 atom stereocenters. The van der Waals surface area contributed by atoms with Crippen molar-refractivity contribution in [2.24, 2.45) is 5.92 Å². The van der Waals surface area contributed by atoms with Gasteiger partial charge in [0.05, 0.1) is 19.2 Å². The molecule has 300 valence electrons. The zero-order valence-electron chi connectivity index (χ0n) is 32.8. The maximum absolute atomic E-state index is 13.2. The van der Waals surface area contributed by atoms with E-state index in [9.17, 15) is 9.18 Å². The van der Waals surface area contributed by atoms with E-state index in [0.29, 0.717) is 41.8 Å². The van der Waals surface area contributed by atoms with E-state index in [1.165, 1.54) is 82.5 Å². The molecule has 0 unspecified atom stereocenters. The molecule has 2 saturated heterocycles. The molecule has 2 aliphatic rings. The number of unbranched alkanes of at least 4 members (excludes halogenated alkanes) is 3. The summed E-state index contributed by atoms with van der Waals surface area (Å²) in [5.41, 5.74) is 2.81. The molecule has 2 aromatic heterocycles. The Bertz CT molecular complexity index is 2020. The third-order valence-corrected chi connectivity index (χ3v) is 10.9. The van der Waals surface area contributed by atoms with Gasteiger partial charge >= 0.3 is 6.03 Å². The van der Waals surface area contributed by atoms with Crippen molar-refractivity contribution in [3.63, 3.8) is 0 Å². The maximum atomic E-state index is 13.2. The molecule has 5 aromatic rings. The van der Waals surface area contributed by atoms with Crippen LogP contribution in [-0.4, -0.2) is 96.9 Å². The number of nitrogens with zero attached hydrogens (tertiary/aromatic N) is 6. The number of nitrogens with one attached hydrogen (secondary N) is 3. The van der Waals surface area contributed by atoms with Crippen LogP contribution < -0.4 is 30.3 Å². The van der Waals surface area contributed by atoms with E-state index in [1.807, 2.05) is 48.7 Å². The minimum atomic E-state index is -0.417. The Hall–Kier alpha value is -5.53. The number of piperidine rings is 1. The average Bonchev–Trinajstić information content (AvgIpc) is 3.24. The number of rotatable bonds is 17. The number of benzene rings is 3. The first-order valence-electron chi connectivity index (χ1n) is 20.2. The van der Waals surface area contributed by atoms with Crippen molar-refractivity contribution in [1.29, 1.82) is 0 Å². The fourth-order valence-corrected chi connectivity index (χ4v) is 7.68. The summed E-state index contributed by atoms with van der Waals surface area (Å²) in [5, 5.41) is 9.78. The van der Waals surface area contributed by atoms with Crippen molar-refractivity contribution in [2.45, 2.75) is 45.1 Å². The van der Waals surface area contributed by atoms with Gasteiger partial charge in [-0.1, -0.05) is 31.0 Å². The molecular formula is C44H54FN9O3. The van der Waals surface area contributed by atoms with Gasteiger partial charge in [0, 0.05) is 68.3 Å². The van der Waals surface area contributed by atoms with Crippen LogP contribution in [0.25, 0.3) is 10.9 Å². The summed E-state index contributed by atoms with van der Waals surface area (Å²) in [7, 11) is 1.64. The number of carbonyl (C=O) groups is 1. The number of methoxy groups -OCH3 is 1. The molecular weight excluding hydrogens is 722 g/mol. The van der Waals surface area contributed by atoms with Crippen LogP contribution >= 0.6 is 0 Å². The molecule has 7 rings (SSSR count). The van der Waals surface area contributed by atoms with Gasteiger partial charge in [-0.3, -0.25) is 4.90 Å². The van der Waals surface area contributed by atoms with Crippen molar-refractivity contribution in [2.75, 3.05) is 86.9 Å². The Morgan fingerprint density at radius 2 is 1.60 bits per heavy atom. The molecule has 0 aliphatic carbocycles. The number of hydrogen-bond acceptors (Lipinski definition) is 10. The van der Waals surface area contributed by atoms with Crippen LogP contribution in [0.2, 0.25) is 0 Å². The number of halogens is 1. The first-order chi connectivity index (χ1) is 28.0. The summed E-state index contributed by atoms with van der Waals surface area (Å²) in [6.45, 7) is 10.3. The second-order valence-corrected chi connectivity index (χ2v) is 14.9. The van der Waals surface area contributed by atoms with Crippen LogP contribution in [0.5, 0.6) is 11.5 Å². The Morgan fingerprint density at radius 3 is 2.39 bits per heavy atom. The normalized spacial score (nSPS) is 15.4. The predicted octanol–water partition coefficient (Wildman–Crippen LogP) is 7.90. The lowest BCUT2D eigenvalue weighted by atomic mass is 9.95. The zero-order chi connectivity index (χ0) is 39.2. The summed E-state index contributed by atoms with van der Waals surface area (Å²) in [4.78, 5) is 33.7. The molecule has 4 heterocycles. The number of ether oxygens (including phenoxy) is 2. The number of fused-ring (bicyclic) bond motifs is 1. The largest absolute Gasteiger partial charge is 0.493 e. The fourth-order valence-electron chi connectivity index (χ4n) is 7.68. The third-order valence-electron chi connectivity index (χ3n) is 10.9. The summed E-state index contributed by atoms with van der Waals surface area (Å²) >= 11 is 0. The summed E-state index contributed by atoms with van der Waals surface area (Å²) < 4.78 is 25.1. The molecule has 13 heteroatoms. The van der Waals surface area contributed by atoms with Gasteiger partial charge in [0.2, 0.25) is 0 Å². The van der Waals surface area contributed by atoms with Gasteiger partial charge in [-0.15, -0.1) is 0 Å². The molecule has 3 aromatic carbocycles. The summed E-state index contributed by atoms with van der Waals surface area (Å²) in [6.07, 6.45) is 10.5. The first-order valence-corrected chi connectivity index (χ1v) is 20.2. The molecule has 2 fully saturated rings. The van der Waals surface area contributed by atoms with E-state index in [0.717, 1.165) is 67.2 Å². The van der Waals surface area contributed by atoms with E-state index in [2.05, 4.69) is 57.7 Å². The molecule has 0 radical (unpaired) electrons. The second-order valence-electron chi connectivity index (χ2n) is 14.9. The number of pyridine rings is 1. The van der Waals surface area contributed by atoms with Crippen molar-refractivity contribution < 1.29 is 18.7 Å². The number of hydrogen-bond donors (Lipinski definition) is 3. The lowest BCUT2D eigenvalue weighted by Crippen LogP contribution is -2.49. The highest BCUT2D eigenvalue weighted by molar-refractivity contribution is 5.99. The maximum Gasteiger partial charge on any atom is 0.323 e. The van der Waals surface area contributed by atoms with Gasteiger partial charge < -0.3 is 35.2 Å². The molecule has 0 spiro atoms. The van der Waals surface area contributed by atoms with Crippen LogP contribution in [0.4, 0.5) is 32.2 Å². The Kier molecular flexibility index (Phi) is 14.0. The van der Waals surface area contributed by atoms with Gasteiger partial charge in [0.1, 0.15) is 23.8 Å². The van der Waals surface area contributed by atoms with Crippen molar-refractivity contribution >= 4 is 39.9 Å². The van der Waals surface area contributed by atoms with E-state index in [1.54, 1.807) is 7.11 Å². The molecule has 0 bridgehead atoms. The molecule has 12 nitrogen and oxygen atoms in total. The number of piperazine rings is 1. The predicted molar refractivity (Wildman–Crippen MR) is 225 cm³/mol. The highest BCUT2D eigenvalue weighted by Crippen LogP contribution is 2.34. The van der Waals surface area contributed by atoms with Crippen molar-refractivity contribution in [3.05, 3.63) is 103 Å². The number of anilines is 4. The molecule has 2 amide bonds. The molecule has 2 aliphatic heterocycles. The highest BCUT2D eigenvalue weighted by Gasteiger charge is 2.24. The topological polar surface area (TPSA) is 120 Å². The molecule has 0 saturated carbocycles. The minimum Gasteiger partial charge on any atom is -0.493 e. The SMILES string of the molecule is COc1cc2ncnc(NCc3cccc(NC(=O)Nc4ccc(F)cc4)c3)c2cc1OCCCCCCN1CCC(CN2CCN(c3ccccn3)CC2)CC1. The van der Waals surface area contributed by atoms with Gasteiger partial charge in [-0.25, -0.2) is 24.1 Å². The van der Waals surface area contributed by atoms with Crippen LogP contribution in [0.3, 0.4) is 0 Å². The molecule has 3 N–H and O–H groups in total. The van der Waals surface area contributed by atoms with E-state index < -0.39 is 6.03 Å². The lowest BCUT2D eigenvalue weighted by Gasteiger charge is -2.39. The second kappa shape index (κ2) is 20.1. The lowest BCUT2D eigenvalue weighted by molar-refractivity contribution is 0.138. The van der Waals surface area contributed by atoms with Gasteiger partial charge in [-0.05, 0) is 111 Å². The summed E-state index contributed by atoms with van der Waals surface area (Å²) in [6, 6.07) is 22.7. The molecule has 57 heavy (non-hydrogen) atoms. The monoisotopic (exact) mass is 775 g/mol. The van der Waals surface area contributed by atoms with E-state index in [4.69, 9.17) is 9.47 Å².